The maximum absolute atomic E-state index is 5.86. The number of nitrogens with zero attached hydrogens (tertiary/aromatic N) is 3. The van der Waals surface area contributed by atoms with Gasteiger partial charge in [-0.25, -0.2) is 9.97 Å². The summed E-state index contributed by atoms with van der Waals surface area (Å²) >= 11 is 0. The first kappa shape index (κ1) is 55.3. The Morgan fingerprint density at radius 2 is 0.671 bits per heavy atom. The number of aryl methyl sites for hydroxylation is 1. The Balaban J connectivity index is 1.46. The second-order valence-electron chi connectivity index (χ2n) is 28.9. The molecule has 79 heavy (non-hydrogen) atoms. The van der Waals surface area contributed by atoms with Crippen molar-refractivity contribution in [1.82, 2.24) is 29.9 Å². The lowest BCUT2D eigenvalue weighted by Crippen LogP contribution is -2.16. The summed E-state index contributed by atoms with van der Waals surface area (Å²) in [6.07, 6.45) is 15.9. The Kier molecular flexibility index (Phi) is 13.7. The average Bonchev–Trinajstić information content (AvgIpc) is 4.29. The van der Waals surface area contributed by atoms with Gasteiger partial charge < -0.3 is 15.0 Å². The number of aromatic nitrogens is 6. The molecule has 10 rings (SSSR count). The maximum atomic E-state index is 5.86. The van der Waals surface area contributed by atoms with E-state index in [2.05, 4.69) is 256 Å². The lowest BCUT2D eigenvalue weighted by Gasteiger charge is -2.26. The minimum atomic E-state index is -0.103. The third-order valence-corrected chi connectivity index (χ3v) is 16.3. The normalized spacial score (nSPS) is 13.6. The topological polar surface area (TPSA) is 86.0 Å². The standard InChI is InChI=1S/C73H86N6/c1-20-21-22-54-66(52-42-74-32-31-53(52)75-54)67-61-29-27-59(78-61)64(44-35-48(70(8,9)10)40-49(36-44)71(11,12)13)57-25-23-55(76-57)63(43-33-46(68(2,3)4)39-47(34-43)69(5,6)7)56-24-26-58(77-56)65(60-28-30-62(67)79-60)45-37-50(72(14,15)16)41-51(38-45)73(17,18)19/h23-42,75-76,79H,20-22H2,1-19H3. The van der Waals surface area contributed by atoms with Gasteiger partial charge >= 0.3 is 0 Å². The van der Waals surface area contributed by atoms with E-state index in [1.54, 1.807) is 0 Å². The van der Waals surface area contributed by atoms with Crippen LogP contribution >= 0.6 is 0 Å². The van der Waals surface area contributed by atoms with Crippen LogP contribution in [-0.2, 0) is 38.9 Å². The van der Waals surface area contributed by atoms with Crippen molar-refractivity contribution < 1.29 is 0 Å². The second kappa shape index (κ2) is 19.6. The predicted octanol–water partition coefficient (Wildman–Crippen LogP) is 20.3. The molecule has 0 aliphatic carbocycles. The molecular weight excluding hydrogens is 961 g/mol. The third-order valence-electron chi connectivity index (χ3n) is 16.3. The minimum absolute atomic E-state index is 0.101. The van der Waals surface area contributed by atoms with Crippen LogP contribution < -0.4 is 0 Å². The zero-order chi connectivity index (χ0) is 56.9. The molecule has 0 spiro atoms. The first-order valence-electron chi connectivity index (χ1n) is 29.0. The lowest BCUT2D eigenvalue weighted by atomic mass is 9.78. The van der Waals surface area contributed by atoms with Crippen molar-refractivity contribution in [2.24, 2.45) is 0 Å². The summed E-state index contributed by atoms with van der Waals surface area (Å²) in [4.78, 5) is 28.6. The molecule has 5 aromatic heterocycles. The van der Waals surface area contributed by atoms with E-state index in [0.29, 0.717) is 0 Å². The number of benzene rings is 3. The number of unbranched alkanes of at least 4 members (excludes halogenated alkanes) is 1. The molecular formula is C73H86N6. The number of nitrogens with one attached hydrogen (secondary N) is 3. The largest absolute Gasteiger partial charge is 0.358 e. The predicted molar refractivity (Wildman–Crippen MR) is 341 cm³/mol. The van der Waals surface area contributed by atoms with E-state index < -0.39 is 0 Å². The van der Waals surface area contributed by atoms with Gasteiger partial charge in [0.25, 0.3) is 0 Å². The van der Waals surface area contributed by atoms with Gasteiger partial charge in [-0.15, -0.1) is 0 Å². The average molecular weight is 1050 g/mol. The first-order chi connectivity index (χ1) is 36.9. The highest BCUT2D eigenvalue weighted by molar-refractivity contribution is 6.06. The van der Waals surface area contributed by atoms with Crippen LogP contribution in [0.3, 0.4) is 0 Å². The second-order valence-corrected chi connectivity index (χ2v) is 28.9. The molecule has 8 aromatic rings. The summed E-state index contributed by atoms with van der Waals surface area (Å²) in [7, 11) is 0. The van der Waals surface area contributed by atoms with Crippen molar-refractivity contribution in [2.75, 3.05) is 0 Å². The van der Waals surface area contributed by atoms with Crippen LogP contribution in [0, 0.1) is 0 Å². The van der Waals surface area contributed by atoms with Gasteiger partial charge in [-0.1, -0.05) is 193 Å². The van der Waals surface area contributed by atoms with E-state index in [9.17, 15) is 0 Å². The molecule has 0 saturated carbocycles. The molecule has 6 heteroatoms. The minimum Gasteiger partial charge on any atom is -0.358 e. The molecule has 8 bridgehead atoms. The summed E-state index contributed by atoms with van der Waals surface area (Å²) in [5, 5.41) is 1.08. The summed E-state index contributed by atoms with van der Waals surface area (Å²) in [5.74, 6) is 0. The molecule has 3 aromatic carbocycles. The first-order valence-corrected chi connectivity index (χ1v) is 29.0. The Labute approximate surface area is 471 Å². The number of fused-ring (bicyclic) bond motifs is 9. The molecule has 0 unspecified atom stereocenters. The van der Waals surface area contributed by atoms with Crippen molar-refractivity contribution in [3.8, 4) is 44.5 Å². The summed E-state index contributed by atoms with van der Waals surface area (Å²) < 4.78 is 0. The van der Waals surface area contributed by atoms with Crippen LogP contribution in [0.15, 0.2) is 97.3 Å². The molecule has 0 fully saturated rings. The highest BCUT2D eigenvalue weighted by Gasteiger charge is 2.29. The van der Waals surface area contributed by atoms with Crippen molar-refractivity contribution in [3.05, 3.63) is 159 Å². The molecule has 408 valence electrons. The fourth-order valence-electron chi connectivity index (χ4n) is 11.2. The van der Waals surface area contributed by atoms with Gasteiger partial charge in [-0.2, -0.15) is 0 Å². The molecule has 2 aliphatic heterocycles. The van der Waals surface area contributed by atoms with Gasteiger partial charge in [-0.3, -0.25) is 4.98 Å². The van der Waals surface area contributed by atoms with E-state index in [1.807, 2.05) is 12.4 Å². The van der Waals surface area contributed by atoms with Gasteiger partial charge in [0, 0.05) is 78.9 Å². The summed E-state index contributed by atoms with van der Waals surface area (Å²) in [5.41, 5.74) is 25.7. The van der Waals surface area contributed by atoms with Gasteiger partial charge in [0.1, 0.15) is 0 Å². The van der Waals surface area contributed by atoms with Gasteiger partial charge in [0.15, 0.2) is 0 Å². The van der Waals surface area contributed by atoms with E-state index in [1.165, 1.54) is 39.1 Å². The van der Waals surface area contributed by atoms with Gasteiger partial charge in [-0.05, 0) is 150 Å². The Hall–Kier alpha value is -7.05. The van der Waals surface area contributed by atoms with Crippen LogP contribution in [0.1, 0.15) is 206 Å². The molecule has 2 aliphatic rings. The van der Waals surface area contributed by atoms with Crippen molar-refractivity contribution >= 4 is 57.3 Å². The number of rotatable bonds is 7. The fraction of sp³-hybridized carbons (Fsp3) is 0.384. The highest BCUT2D eigenvalue weighted by atomic mass is 14.8. The summed E-state index contributed by atoms with van der Waals surface area (Å²) in [6, 6.07) is 32.9. The van der Waals surface area contributed by atoms with Gasteiger partial charge in [0.2, 0.25) is 0 Å². The number of aromatic amines is 3. The molecule has 6 nitrogen and oxygen atoms in total. The molecule has 0 amide bonds. The lowest BCUT2D eigenvalue weighted by molar-refractivity contribution is 0.568. The van der Waals surface area contributed by atoms with E-state index >= 15 is 0 Å². The zero-order valence-corrected chi connectivity index (χ0v) is 51.0. The fourth-order valence-corrected chi connectivity index (χ4v) is 11.2. The molecule has 0 atom stereocenters. The number of H-pyrrole nitrogens is 3. The van der Waals surface area contributed by atoms with E-state index in [0.717, 1.165) is 120 Å². The van der Waals surface area contributed by atoms with E-state index in [-0.39, 0.29) is 32.5 Å². The zero-order valence-electron chi connectivity index (χ0n) is 51.0. The van der Waals surface area contributed by atoms with Crippen molar-refractivity contribution in [3.63, 3.8) is 0 Å². The quantitative estimate of drug-likeness (QED) is 0.149. The number of hydrogen-bond acceptors (Lipinski definition) is 3. The SMILES string of the molecule is CCCCc1[nH]c2ccncc2c1-c1c2nc(c(-c3cc(C(C)(C)C)cc(C(C)(C)C)c3)c3ccc([nH]3)c(-c3cc(C(C)(C)C)cc(C(C)(C)C)c3)c3nc(c(-c4cc(C(C)(C)C)cc(C(C)(C)C)c4)c4ccc1[nH]4)C=C3)C=C2. The van der Waals surface area contributed by atoms with Crippen LogP contribution in [-0.4, -0.2) is 29.9 Å². The molecule has 7 heterocycles. The van der Waals surface area contributed by atoms with Crippen LogP contribution in [0.4, 0.5) is 0 Å². The number of hydrogen-bond donors (Lipinski definition) is 3. The van der Waals surface area contributed by atoms with Crippen molar-refractivity contribution in [1.29, 1.82) is 0 Å². The smallest absolute Gasteiger partial charge is 0.0738 e. The van der Waals surface area contributed by atoms with Gasteiger partial charge in [0.05, 0.1) is 22.8 Å². The molecule has 0 radical (unpaired) electrons. The molecule has 0 saturated heterocycles. The highest BCUT2D eigenvalue weighted by Crippen LogP contribution is 2.45. The maximum Gasteiger partial charge on any atom is 0.0738 e. The number of pyridine rings is 1. The summed E-state index contributed by atoms with van der Waals surface area (Å²) in [6.45, 7) is 44.0. The van der Waals surface area contributed by atoms with Crippen molar-refractivity contribution in [2.45, 2.75) is 183 Å². The van der Waals surface area contributed by atoms with E-state index in [4.69, 9.17) is 15.0 Å². The van der Waals surface area contributed by atoms with Crippen LogP contribution in [0.5, 0.6) is 0 Å². The Morgan fingerprint density at radius 1 is 0.354 bits per heavy atom. The third kappa shape index (κ3) is 10.9. The molecule has 3 N–H and O–H groups in total. The monoisotopic (exact) mass is 1050 g/mol. The Bertz CT molecular complexity index is 3760. The Morgan fingerprint density at radius 3 is 0.987 bits per heavy atom. The van der Waals surface area contributed by atoms with Crippen LogP contribution in [0.25, 0.3) is 102 Å². The van der Waals surface area contributed by atoms with Crippen LogP contribution in [0.2, 0.25) is 0 Å².